The summed E-state index contributed by atoms with van der Waals surface area (Å²) in [7, 11) is 0. The molecule has 0 bridgehead atoms. The van der Waals surface area contributed by atoms with Crippen LogP contribution in [-0.2, 0) is 11.2 Å². The third kappa shape index (κ3) is 1.44. The van der Waals surface area contributed by atoms with Crippen molar-refractivity contribution in [2.45, 2.75) is 13.3 Å². The zero-order chi connectivity index (χ0) is 10.1. The lowest BCUT2D eigenvalue weighted by Gasteiger charge is -1.99. The molecule has 0 spiro atoms. The van der Waals surface area contributed by atoms with Crippen LogP contribution in [0.25, 0.3) is 5.65 Å². The van der Waals surface area contributed by atoms with Gasteiger partial charge >= 0.3 is 5.97 Å². The second-order valence-corrected chi connectivity index (χ2v) is 3.04. The van der Waals surface area contributed by atoms with Crippen LogP contribution in [0.2, 0.25) is 0 Å². The standard InChI is InChI=1S/C9H9N3O2/c1-6-5-12-7(11-6)2-3-10-8(12)4-9(13)14/h2-3,5H,4H2,1H3,(H,13,14). The van der Waals surface area contributed by atoms with Gasteiger partial charge < -0.3 is 5.11 Å². The third-order valence-corrected chi connectivity index (χ3v) is 1.89. The van der Waals surface area contributed by atoms with E-state index < -0.39 is 5.97 Å². The number of carbonyl (C=O) groups is 1. The Bertz CT molecular complexity index is 490. The van der Waals surface area contributed by atoms with Crippen LogP contribution in [0.1, 0.15) is 11.5 Å². The van der Waals surface area contributed by atoms with Crippen LogP contribution in [0.3, 0.4) is 0 Å². The van der Waals surface area contributed by atoms with Gasteiger partial charge in [-0.2, -0.15) is 0 Å². The van der Waals surface area contributed by atoms with Crippen molar-refractivity contribution in [3.63, 3.8) is 0 Å². The van der Waals surface area contributed by atoms with Crippen molar-refractivity contribution in [3.05, 3.63) is 30.0 Å². The number of imidazole rings is 1. The molecule has 0 saturated carbocycles. The smallest absolute Gasteiger partial charge is 0.311 e. The molecule has 0 aliphatic heterocycles. The largest absolute Gasteiger partial charge is 0.481 e. The molecule has 2 aromatic heterocycles. The second-order valence-electron chi connectivity index (χ2n) is 3.04. The van der Waals surface area contributed by atoms with Gasteiger partial charge in [-0.25, -0.2) is 9.97 Å². The summed E-state index contributed by atoms with van der Waals surface area (Å²) in [6.07, 6.45) is 3.26. The highest BCUT2D eigenvalue weighted by molar-refractivity contribution is 5.69. The van der Waals surface area contributed by atoms with Gasteiger partial charge in [0.05, 0.1) is 5.69 Å². The Morgan fingerprint density at radius 2 is 2.43 bits per heavy atom. The molecule has 0 atom stereocenters. The molecular weight excluding hydrogens is 182 g/mol. The van der Waals surface area contributed by atoms with Crippen molar-refractivity contribution in [1.29, 1.82) is 0 Å². The molecule has 2 heterocycles. The summed E-state index contributed by atoms with van der Waals surface area (Å²) in [6.45, 7) is 1.86. The minimum atomic E-state index is -0.892. The van der Waals surface area contributed by atoms with E-state index in [4.69, 9.17) is 5.11 Å². The summed E-state index contributed by atoms with van der Waals surface area (Å²) >= 11 is 0. The molecule has 2 rings (SSSR count). The van der Waals surface area contributed by atoms with Crippen LogP contribution in [0.15, 0.2) is 18.5 Å². The second kappa shape index (κ2) is 3.10. The molecule has 0 amide bonds. The summed E-state index contributed by atoms with van der Waals surface area (Å²) in [4.78, 5) is 18.8. The molecule has 5 nitrogen and oxygen atoms in total. The molecule has 1 N–H and O–H groups in total. The molecule has 0 aliphatic carbocycles. The van der Waals surface area contributed by atoms with E-state index in [9.17, 15) is 4.79 Å². The minimum Gasteiger partial charge on any atom is -0.481 e. The van der Waals surface area contributed by atoms with Crippen LogP contribution in [0, 0.1) is 6.92 Å². The normalized spacial score (nSPS) is 10.6. The highest BCUT2D eigenvalue weighted by Gasteiger charge is 2.07. The summed E-state index contributed by atoms with van der Waals surface area (Å²) in [5.74, 6) is -0.396. The Balaban J connectivity index is 2.58. The van der Waals surface area contributed by atoms with Crippen LogP contribution in [-0.4, -0.2) is 25.4 Å². The molecular formula is C9H9N3O2. The maximum atomic E-state index is 10.5. The topological polar surface area (TPSA) is 67.5 Å². The van der Waals surface area contributed by atoms with Crippen molar-refractivity contribution < 1.29 is 9.90 Å². The van der Waals surface area contributed by atoms with E-state index in [1.807, 2.05) is 6.92 Å². The van der Waals surface area contributed by atoms with Gasteiger partial charge in [-0.05, 0) is 13.0 Å². The highest BCUT2D eigenvalue weighted by atomic mass is 16.4. The van der Waals surface area contributed by atoms with Crippen molar-refractivity contribution in [2.24, 2.45) is 0 Å². The number of aryl methyl sites for hydroxylation is 1. The molecule has 14 heavy (non-hydrogen) atoms. The number of rotatable bonds is 2. The van der Waals surface area contributed by atoms with Gasteiger partial charge in [-0.1, -0.05) is 0 Å². The lowest BCUT2D eigenvalue weighted by Crippen LogP contribution is -2.07. The summed E-state index contributed by atoms with van der Waals surface area (Å²) in [6, 6.07) is 1.75. The van der Waals surface area contributed by atoms with Crippen LogP contribution in [0.4, 0.5) is 0 Å². The van der Waals surface area contributed by atoms with Gasteiger partial charge in [0.25, 0.3) is 0 Å². The van der Waals surface area contributed by atoms with Gasteiger partial charge in [0.1, 0.15) is 17.9 Å². The van der Waals surface area contributed by atoms with Crippen molar-refractivity contribution >= 4 is 11.6 Å². The number of hydrogen-bond donors (Lipinski definition) is 1. The summed E-state index contributed by atoms with van der Waals surface area (Å²) in [5.41, 5.74) is 1.58. The molecule has 0 fully saturated rings. The number of aromatic nitrogens is 3. The van der Waals surface area contributed by atoms with Gasteiger partial charge in [0.2, 0.25) is 0 Å². The van der Waals surface area contributed by atoms with E-state index in [-0.39, 0.29) is 6.42 Å². The van der Waals surface area contributed by atoms with Crippen molar-refractivity contribution in [1.82, 2.24) is 14.4 Å². The molecule has 0 radical (unpaired) electrons. The molecule has 0 aliphatic rings. The first-order valence-electron chi connectivity index (χ1n) is 4.18. The highest BCUT2D eigenvalue weighted by Crippen LogP contribution is 2.06. The predicted molar refractivity (Wildman–Crippen MR) is 49.1 cm³/mol. The number of carboxylic acid groups (broad SMARTS) is 1. The summed E-state index contributed by atoms with van der Waals surface area (Å²) in [5, 5.41) is 8.66. The van der Waals surface area contributed by atoms with Gasteiger partial charge in [-0.3, -0.25) is 9.20 Å². The van der Waals surface area contributed by atoms with Crippen LogP contribution in [0.5, 0.6) is 0 Å². The zero-order valence-corrected chi connectivity index (χ0v) is 7.64. The average molecular weight is 191 g/mol. The first-order valence-corrected chi connectivity index (χ1v) is 4.18. The zero-order valence-electron chi connectivity index (χ0n) is 7.64. The van der Waals surface area contributed by atoms with Crippen molar-refractivity contribution in [3.8, 4) is 0 Å². The number of aliphatic carboxylic acids is 1. The Kier molecular flexibility index (Phi) is 1.92. The van der Waals surface area contributed by atoms with Gasteiger partial charge in [-0.15, -0.1) is 0 Å². The molecule has 5 heteroatoms. The number of hydrogen-bond acceptors (Lipinski definition) is 3. The predicted octanol–water partition coefficient (Wildman–Crippen LogP) is 0.665. The van der Waals surface area contributed by atoms with Gasteiger partial charge in [0, 0.05) is 12.4 Å². The van der Waals surface area contributed by atoms with E-state index in [1.54, 1.807) is 22.9 Å². The SMILES string of the molecule is Cc1cn2c(CC(=O)O)nccc2n1. The van der Waals surface area contributed by atoms with E-state index in [0.29, 0.717) is 5.82 Å². The maximum Gasteiger partial charge on any atom is 0.311 e. The first-order chi connectivity index (χ1) is 6.66. The fourth-order valence-corrected chi connectivity index (χ4v) is 1.36. The number of nitrogens with zero attached hydrogens (tertiary/aromatic N) is 3. The monoisotopic (exact) mass is 191 g/mol. The third-order valence-electron chi connectivity index (χ3n) is 1.89. The van der Waals surface area contributed by atoms with Gasteiger partial charge in [0.15, 0.2) is 0 Å². The molecule has 0 saturated heterocycles. The van der Waals surface area contributed by atoms with Crippen LogP contribution >= 0.6 is 0 Å². The molecule has 2 aromatic rings. The number of fused-ring (bicyclic) bond motifs is 1. The molecule has 72 valence electrons. The quantitative estimate of drug-likeness (QED) is 0.757. The van der Waals surface area contributed by atoms with E-state index >= 15 is 0 Å². The number of carboxylic acids is 1. The Hall–Kier alpha value is -1.91. The maximum absolute atomic E-state index is 10.5. The first kappa shape index (κ1) is 8.68. The van der Waals surface area contributed by atoms with Crippen LogP contribution < -0.4 is 0 Å². The van der Waals surface area contributed by atoms with E-state index in [0.717, 1.165) is 11.3 Å². The van der Waals surface area contributed by atoms with Crippen molar-refractivity contribution in [2.75, 3.05) is 0 Å². The Labute approximate surface area is 80.0 Å². The molecule has 0 unspecified atom stereocenters. The van der Waals surface area contributed by atoms with E-state index in [1.165, 1.54) is 0 Å². The fraction of sp³-hybridized carbons (Fsp3) is 0.222. The average Bonchev–Trinajstić information content (AvgIpc) is 2.45. The summed E-state index contributed by atoms with van der Waals surface area (Å²) < 4.78 is 1.70. The lowest BCUT2D eigenvalue weighted by atomic mass is 10.4. The lowest BCUT2D eigenvalue weighted by molar-refractivity contribution is -0.136. The van der Waals surface area contributed by atoms with E-state index in [2.05, 4.69) is 9.97 Å². The molecule has 0 aromatic carbocycles. The minimum absolute atomic E-state index is 0.0901. The Morgan fingerprint density at radius 3 is 3.14 bits per heavy atom. The Morgan fingerprint density at radius 1 is 1.64 bits per heavy atom. The fourth-order valence-electron chi connectivity index (χ4n) is 1.36.